The monoisotopic (exact) mass is 1720 g/mol. The van der Waals surface area contributed by atoms with Crippen molar-refractivity contribution in [1.82, 2.24) is 53.2 Å². The summed E-state index contributed by atoms with van der Waals surface area (Å²) in [6.45, 7) is 0. The average Bonchev–Trinajstić information content (AvgIpc) is 1.60. The van der Waals surface area contributed by atoms with E-state index in [1.54, 1.807) is 0 Å². The Morgan fingerprint density at radius 3 is 1.13 bits per heavy atom. The molecule has 0 N–H and O–H groups in total. The van der Waals surface area contributed by atoms with Gasteiger partial charge in [0.15, 0.2) is 0 Å². The fourth-order valence-electron chi connectivity index (χ4n) is 15.3. The molecule has 542 valence electrons. The Morgan fingerprint density at radius 2 is 0.623 bits per heavy atom. The molecule has 0 amide bonds. The molecule has 0 bridgehead atoms. The maximum Gasteiger partial charge on any atom is 0.235 e. The van der Waals surface area contributed by atoms with Crippen molar-refractivity contribution in [3.8, 4) is 79.0 Å². The van der Waals surface area contributed by atoms with E-state index in [-0.39, 0.29) is 0 Å². The van der Waals surface area contributed by atoms with E-state index >= 15 is 0 Å². The number of aromatic nitrogens is 11. The van der Waals surface area contributed by atoms with E-state index in [1.165, 1.54) is 22.3 Å². The molecule has 0 aliphatic rings. The molecule has 12 aromatic carbocycles. The zero-order valence-corrected chi connectivity index (χ0v) is 67.1. The number of hydrogen-bond acceptors (Lipinski definition) is 7. The first-order valence-corrected chi connectivity index (χ1v) is 40.3. The summed E-state index contributed by atoms with van der Waals surface area (Å²) in [7, 11) is 0. The first-order valence-electron chi connectivity index (χ1n) is 37.1. The molecule has 0 fully saturated rings. The summed E-state index contributed by atoms with van der Waals surface area (Å²) >= 11 is 14.4. The lowest BCUT2D eigenvalue weighted by atomic mass is 10.1. The molecule has 0 unspecified atom stereocenters. The van der Waals surface area contributed by atoms with E-state index in [4.69, 9.17) is 19.9 Å². The normalized spacial score (nSPS) is 11.3. The maximum atomic E-state index is 5.06. The quantitative estimate of drug-likeness (QED) is 0.142. The Kier molecular flexibility index (Phi) is 19.5. The minimum atomic E-state index is 0.654. The van der Waals surface area contributed by atoms with Crippen molar-refractivity contribution in [2.45, 2.75) is 0 Å². The van der Waals surface area contributed by atoms with Crippen LogP contribution in [0.3, 0.4) is 0 Å². The van der Waals surface area contributed by atoms with Crippen LogP contribution in [0.2, 0.25) is 0 Å². The molecular formula is C99H63Br4N11. The van der Waals surface area contributed by atoms with Crippen LogP contribution in [0, 0.1) is 0 Å². The molecule has 0 saturated carbocycles. The molecule has 0 radical (unpaired) electrons. The van der Waals surface area contributed by atoms with E-state index in [0.717, 1.165) is 167 Å². The Morgan fingerprint density at radius 1 is 0.219 bits per heavy atom. The Labute approximate surface area is 689 Å². The number of hydrogen-bond donors (Lipinski definition) is 0. The number of pyridine rings is 5. The summed E-state index contributed by atoms with van der Waals surface area (Å²) in [5.74, 6) is 0.654. The summed E-state index contributed by atoms with van der Waals surface area (Å²) in [5.41, 5.74) is 27.1. The van der Waals surface area contributed by atoms with Crippen molar-refractivity contribution in [2.75, 3.05) is 0 Å². The standard InChI is InChI=1S/C28H18BrN3.C25H15BrN4.2C23H15BrN2/c29-21-13-14-26-23(16-21)28-27(12-7-15-30-28)32(26)22-17-24(19-8-3-1-4-9-19)31-25(18-22)20-10-5-2-6-11-20;26-17-10-11-22-19(14-17)20-15-27-13-12-23(20)30(22)25-28-21-9-5-4-8-18(21)24(29-25)16-6-2-1-3-7-16;24-18-11-12-21-20(15-18)23-22(10-5-13-25-23)26(21)19-9-4-8-17(14-19)16-6-2-1-3-7-16;24-18-10-13-21-20(15-18)23-22(7-4-14-25-23)26(21)19-11-8-17(9-12-19)16-5-2-1-3-6-16/h1-18H;1-15H;2*1-15H. The van der Waals surface area contributed by atoms with Gasteiger partial charge in [0.1, 0.15) is 0 Å². The van der Waals surface area contributed by atoms with Gasteiger partial charge in [-0.2, -0.15) is 0 Å². The molecule has 0 spiro atoms. The molecule has 0 saturated heterocycles. The van der Waals surface area contributed by atoms with Crippen LogP contribution in [0.4, 0.5) is 0 Å². The van der Waals surface area contributed by atoms with Gasteiger partial charge in [0, 0.05) is 109 Å². The van der Waals surface area contributed by atoms with Crippen molar-refractivity contribution in [3.05, 3.63) is 401 Å². The summed E-state index contributed by atoms with van der Waals surface area (Å²) < 4.78 is 13.2. The van der Waals surface area contributed by atoms with E-state index in [0.29, 0.717) is 5.95 Å². The zero-order valence-electron chi connectivity index (χ0n) is 60.8. The molecule has 11 nitrogen and oxygen atoms in total. The van der Waals surface area contributed by atoms with Crippen molar-refractivity contribution in [2.24, 2.45) is 0 Å². The molecule has 0 aliphatic carbocycles. The van der Waals surface area contributed by atoms with Crippen LogP contribution in [0.5, 0.6) is 0 Å². The lowest BCUT2D eigenvalue weighted by Gasteiger charge is -2.13. The van der Waals surface area contributed by atoms with Gasteiger partial charge in [0.2, 0.25) is 5.95 Å². The SMILES string of the molecule is Brc1ccc2c(c1)c1cnccc1n2-c1nc(-c2ccccc2)c2ccccc2n1.Brc1ccc2c(c1)c1ncccc1n2-c1cc(-c2ccccc2)nc(-c2ccccc2)c1.Brc1ccc2c(c1)c1ncccc1n2-c1ccc(-c2ccccc2)cc1.Brc1ccc2c(c1)c1ncccc1n2-c1cccc(-c2ccccc2)c1. The summed E-state index contributed by atoms with van der Waals surface area (Å²) in [5, 5.41) is 6.66. The van der Waals surface area contributed by atoms with Gasteiger partial charge in [0.05, 0.1) is 89.0 Å². The third-order valence-corrected chi connectivity index (χ3v) is 22.4. The van der Waals surface area contributed by atoms with Gasteiger partial charge in [-0.15, -0.1) is 0 Å². The van der Waals surface area contributed by atoms with E-state index in [1.807, 2.05) is 146 Å². The highest BCUT2D eigenvalue weighted by molar-refractivity contribution is 9.11. The highest BCUT2D eigenvalue weighted by atomic mass is 79.9. The Hall–Kier alpha value is -13.2. The topological polar surface area (TPSA) is 110 Å². The maximum absolute atomic E-state index is 5.06. The van der Waals surface area contributed by atoms with Gasteiger partial charge in [-0.05, 0) is 180 Å². The van der Waals surface area contributed by atoms with Crippen LogP contribution in [-0.2, 0) is 0 Å². The predicted octanol–water partition coefficient (Wildman–Crippen LogP) is 27.4. The van der Waals surface area contributed by atoms with Gasteiger partial charge < -0.3 is 13.7 Å². The van der Waals surface area contributed by atoms with E-state index in [9.17, 15) is 0 Å². The third-order valence-electron chi connectivity index (χ3n) is 20.5. The smallest absolute Gasteiger partial charge is 0.235 e. The minimum absolute atomic E-state index is 0.654. The minimum Gasteiger partial charge on any atom is -0.308 e. The summed E-state index contributed by atoms with van der Waals surface area (Å²) in [4.78, 5) is 33.3. The molecule has 114 heavy (non-hydrogen) atoms. The van der Waals surface area contributed by atoms with Gasteiger partial charge in [-0.1, -0.05) is 258 Å². The zero-order chi connectivity index (χ0) is 76.6. The molecule has 0 aliphatic heterocycles. The second-order valence-corrected chi connectivity index (χ2v) is 31.1. The Balaban J connectivity index is 0.000000102. The number of rotatable bonds is 9. The Bertz CT molecular complexity index is 7280. The first-order chi connectivity index (χ1) is 56.2. The van der Waals surface area contributed by atoms with Crippen molar-refractivity contribution >= 4 is 162 Å². The van der Waals surface area contributed by atoms with Gasteiger partial charge in [-0.25, -0.2) is 15.0 Å². The molecular weight excluding hydrogens is 1660 g/mol. The van der Waals surface area contributed by atoms with Gasteiger partial charge >= 0.3 is 0 Å². The molecule has 22 rings (SSSR count). The molecule has 10 aromatic heterocycles. The lowest BCUT2D eigenvalue weighted by molar-refractivity contribution is 1.01. The second-order valence-electron chi connectivity index (χ2n) is 27.4. The van der Waals surface area contributed by atoms with Gasteiger partial charge in [-0.3, -0.25) is 24.5 Å². The van der Waals surface area contributed by atoms with Crippen LogP contribution in [0.25, 0.3) is 178 Å². The molecule has 15 heteroatoms. The predicted molar refractivity (Wildman–Crippen MR) is 483 cm³/mol. The highest BCUT2D eigenvalue weighted by Gasteiger charge is 2.21. The largest absolute Gasteiger partial charge is 0.308 e. The van der Waals surface area contributed by atoms with E-state index in [2.05, 4.69) is 334 Å². The van der Waals surface area contributed by atoms with Crippen molar-refractivity contribution in [3.63, 3.8) is 0 Å². The number of para-hydroxylation sites is 1. The molecule has 22 aromatic rings. The molecule has 0 atom stereocenters. The average molecular weight is 1730 g/mol. The number of fused-ring (bicyclic) bond motifs is 13. The van der Waals surface area contributed by atoms with E-state index < -0.39 is 0 Å². The molecule has 10 heterocycles. The first kappa shape index (κ1) is 71.2. The summed E-state index contributed by atoms with van der Waals surface area (Å²) in [6, 6.07) is 121. The van der Waals surface area contributed by atoms with Crippen LogP contribution in [0.15, 0.2) is 401 Å². The van der Waals surface area contributed by atoms with Gasteiger partial charge in [0.25, 0.3) is 0 Å². The fourth-order valence-corrected chi connectivity index (χ4v) is 16.8. The summed E-state index contributed by atoms with van der Waals surface area (Å²) in [6.07, 6.45) is 9.27. The van der Waals surface area contributed by atoms with Crippen molar-refractivity contribution in [1.29, 1.82) is 0 Å². The number of benzene rings is 12. The van der Waals surface area contributed by atoms with Crippen LogP contribution >= 0.6 is 63.7 Å². The van der Waals surface area contributed by atoms with Crippen LogP contribution in [0.1, 0.15) is 0 Å². The third kappa shape index (κ3) is 13.8. The van der Waals surface area contributed by atoms with Crippen molar-refractivity contribution < 1.29 is 0 Å². The lowest BCUT2D eigenvalue weighted by Crippen LogP contribution is -2.03. The van der Waals surface area contributed by atoms with Crippen LogP contribution in [-0.4, -0.2) is 53.2 Å². The highest BCUT2D eigenvalue weighted by Crippen LogP contribution is 2.40. The fraction of sp³-hybridized carbons (Fsp3) is 0. The number of halogens is 4. The second kappa shape index (κ2) is 31.2. The number of nitrogens with zero attached hydrogens (tertiary/aromatic N) is 11. The van der Waals surface area contributed by atoms with Crippen LogP contribution < -0.4 is 0 Å².